The van der Waals surface area contributed by atoms with Gasteiger partial charge in [0.15, 0.2) is 11.5 Å². The number of methoxy groups -OCH3 is 2. The third-order valence-corrected chi connectivity index (χ3v) is 5.29. The maximum absolute atomic E-state index is 12.6. The molecule has 0 aromatic heterocycles. The molecule has 0 aliphatic carbocycles. The zero-order valence-electron chi connectivity index (χ0n) is 16.8. The first-order chi connectivity index (χ1) is 13.7. The topological polar surface area (TPSA) is 50.8 Å². The molecule has 1 saturated heterocycles. The van der Waals surface area contributed by atoms with Gasteiger partial charge in [0.05, 0.1) is 20.1 Å². The van der Waals surface area contributed by atoms with Crippen LogP contribution in [0.1, 0.15) is 24.0 Å². The number of rotatable bonds is 8. The van der Waals surface area contributed by atoms with Crippen LogP contribution in [-0.4, -0.2) is 44.7 Å². The zero-order chi connectivity index (χ0) is 19.8. The smallest absolute Gasteiger partial charge is 0.224 e. The van der Waals surface area contributed by atoms with E-state index in [0.29, 0.717) is 6.54 Å². The number of hydrogen-bond donors (Lipinski definition) is 1. The van der Waals surface area contributed by atoms with Gasteiger partial charge in [0.1, 0.15) is 0 Å². The molecule has 0 unspecified atom stereocenters. The van der Waals surface area contributed by atoms with Crippen molar-refractivity contribution in [1.29, 1.82) is 0 Å². The molecular formula is C23H30N2O3. The molecule has 28 heavy (non-hydrogen) atoms. The largest absolute Gasteiger partial charge is 0.493 e. The molecule has 5 heteroatoms. The number of piperidine rings is 1. The van der Waals surface area contributed by atoms with Crippen LogP contribution >= 0.6 is 0 Å². The summed E-state index contributed by atoms with van der Waals surface area (Å²) in [6.07, 6.45) is 2.81. The van der Waals surface area contributed by atoms with Gasteiger partial charge in [0, 0.05) is 19.6 Å². The number of nitrogens with one attached hydrogen (secondary N) is 1. The van der Waals surface area contributed by atoms with Gasteiger partial charge in [-0.1, -0.05) is 36.4 Å². The summed E-state index contributed by atoms with van der Waals surface area (Å²) in [6, 6.07) is 16.3. The van der Waals surface area contributed by atoms with Gasteiger partial charge < -0.3 is 14.8 Å². The molecule has 0 bridgehead atoms. The second-order valence-electron chi connectivity index (χ2n) is 7.29. The Morgan fingerprint density at radius 2 is 1.86 bits per heavy atom. The number of carbonyl (C=O) groups excluding carboxylic acids is 1. The van der Waals surface area contributed by atoms with Crippen LogP contribution in [0, 0.1) is 5.92 Å². The highest BCUT2D eigenvalue weighted by atomic mass is 16.5. The highest BCUT2D eigenvalue weighted by molar-refractivity contribution is 5.79. The van der Waals surface area contributed by atoms with Gasteiger partial charge in [-0.3, -0.25) is 9.69 Å². The normalized spacial score (nSPS) is 17.1. The van der Waals surface area contributed by atoms with E-state index in [9.17, 15) is 4.79 Å². The van der Waals surface area contributed by atoms with Crippen LogP contribution in [0.25, 0.3) is 0 Å². The van der Waals surface area contributed by atoms with Crippen LogP contribution in [0.5, 0.6) is 11.5 Å². The van der Waals surface area contributed by atoms with Crippen molar-refractivity contribution in [1.82, 2.24) is 10.2 Å². The molecule has 1 amide bonds. The summed E-state index contributed by atoms with van der Waals surface area (Å²) < 4.78 is 10.6. The zero-order valence-corrected chi connectivity index (χ0v) is 16.8. The van der Waals surface area contributed by atoms with Gasteiger partial charge in [0.2, 0.25) is 5.91 Å². The van der Waals surface area contributed by atoms with Crippen molar-refractivity contribution in [3.63, 3.8) is 0 Å². The second-order valence-corrected chi connectivity index (χ2v) is 7.29. The summed E-state index contributed by atoms with van der Waals surface area (Å²) in [5, 5.41) is 3.11. The number of ether oxygens (including phenoxy) is 2. The fraction of sp³-hybridized carbons (Fsp3) is 0.435. The highest BCUT2D eigenvalue weighted by Crippen LogP contribution is 2.27. The van der Waals surface area contributed by atoms with Gasteiger partial charge in [-0.2, -0.15) is 0 Å². The maximum Gasteiger partial charge on any atom is 0.224 e. The lowest BCUT2D eigenvalue weighted by atomic mass is 9.96. The summed E-state index contributed by atoms with van der Waals surface area (Å²) >= 11 is 0. The van der Waals surface area contributed by atoms with Crippen LogP contribution in [-0.2, 0) is 17.8 Å². The van der Waals surface area contributed by atoms with Crippen molar-refractivity contribution in [2.75, 3.05) is 33.9 Å². The van der Waals surface area contributed by atoms with Gasteiger partial charge in [-0.15, -0.1) is 0 Å². The van der Waals surface area contributed by atoms with Crippen molar-refractivity contribution in [3.8, 4) is 11.5 Å². The van der Waals surface area contributed by atoms with E-state index in [0.717, 1.165) is 56.0 Å². The Morgan fingerprint density at radius 1 is 1.07 bits per heavy atom. The Bertz CT molecular complexity index is 764. The van der Waals surface area contributed by atoms with E-state index in [4.69, 9.17) is 9.47 Å². The van der Waals surface area contributed by atoms with Crippen LogP contribution in [0.4, 0.5) is 0 Å². The lowest BCUT2D eigenvalue weighted by Crippen LogP contribution is -2.43. The van der Waals surface area contributed by atoms with Crippen molar-refractivity contribution >= 4 is 5.91 Å². The summed E-state index contributed by atoms with van der Waals surface area (Å²) in [6.45, 7) is 3.43. The molecule has 2 aromatic rings. The first kappa shape index (κ1) is 20.2. The average molecular weight is 383 g/mol. The molecule has 1 heterocycles. The van der Waals surface area contributed by atoms with E-state index in [1.807, 2.05) is 24.3 Å². The van der Waals surface area contributed by atoms with E-state index >= 15 is 0 Å². The predicted molar refractivity (Wildman–Crippen MR) is 111 cm³/mol. The van der Waals surface area contributed by atoms with E-state index < -0.39 is 0 Å². The fourth-order valence-corrected chi connectivity index (χ4v) is 3.77. The molecule has 3 rings (SSSR count). The van der Waals surface area contributed by atoms with Crippen LogP contribution in [0.2, 0.25) is 0 Å². The lowest BCUT2D eigenvalue weighted by Gasteiger charge is -2.32. The van der Waals surface area contributed by atoms with Gasteiger partial charge >= 0.3 is 0 Å². The minimum Gasteiger partial charge on any atom is -0.493 e. The predicted octanol–water partition coefficient (Wildman–Crippen LogP) is 3.27. The minimum atomic E-state index is 0.0721. The molecule has 5 nitrogen and oxygen atoms in total. The highest BCUT2D eigenvalue weighted by Gasteiger charge is 2.25. The average Bonchev–Trinajstić information content (AvgIpc) is 2.74. The molecule has 0 saturated carbocycles. The number of nitrogens with zero attached hydrogens (tertiary/aromatic N) is 1. The second kappa shape index (κ2) is 10.1. The third kappa shape index (κ3) is 5.49. The Balaban J connectivity index is 1.46. The van der Waals surface area contributed by atoms with Crippen molar-refractivity contribution in [2.24, 2.45) is 5.92 Å². The summed E-state index contributed by atoms with van der Waals surface area (Å²) in [5.41, 5.74) is 2.42. The van der Waals surface area contributed by atoms with Crippen LogP contribution in [0.15, 0.2) is 48.5 Å². The summed E-state index contributed by atoms with van der Waals surface area (Å²) in [7, 11) is 3.26. The molecule has 1 aliphatic heterocycles. The SMILES string of the molecule is COc1ccc(CCNC(=O)[C@@H]2CCCN(Cc3ccccc3)C2)cc1OC. The fourth-order valence-electron chi connectivity index (χ4n) is 3.77. The number of amides is 1. The molecule has 0 radical (unpaired) electrons. The molecular weight excluding hydrogens is 352 g/mol. The number of hydrogen-bond acceptors (Lipinski definition) is 4. The van der Waals surface area contributed by atoms with E-state index in [2.05, 4.69) is 34.5 Å². The van der Waals surface area contributed by atoms with Gasteiger partial charge in [-0.25, -0.2) is 0 Å². The van der Waals surface area contributed by atoms with Crippen LogP contribution in [0.3, 0.4) is 0 Å². The van der Waals surface area contributed by atoms with Crippen molar-refractivity contribution < 1.29 is 14.3 Å². The van der Waals surface area contributed by atoms with Crippen LogP contribution < -0.4 is 14.8 Å². The maximum atomic E-state index is 12.6. The Kier molecular flexibility index (Phi) is 7.31. The van der Waals surface area contributed by atoms with E-state index in [1.54, 1.807) is 14.2 Å². The molecule has 1 aliphatic rings. The summed E-state index contributed by atoms with van der Waals surface area (Å²) in [4.78, 5) is 15.0. The minimum absolute atomic E-state index is 0.0721. The van der Waals surface area contributed by atoms with Crippen molar-refractivity contribution in [2.45, 2.75) is 25.8 Å². The molecule has 0 spiro atoms. The number of carbonyl (C=O) groups is 1. The molecule has 150 valence electrons. The van der Waals surface area contributed by atoms with E-state index in [1.165, 1.54) is 5.56 Å². The van der Waals surface area contributed by atoms with Gasteiger partial charge in [-0.05, 0) is 49.1 Å². The molecule has 1 fully saturated rings. The van der Waals surface area contributed by atoms with Gasteiger partial charge in [0.25, 0.3) is 0 Å². The standard InChI is InChI=1S/C23H30N2O3/c1-27-21-11-10-18(15-22(21)28-2)12-13-24-23(26)20-9-6-14-25(17-20)16-19-7-4-3-5-8-19/h3-5,7-8,10-11,15,20H,6,9,12-14,16-17H2,1-2H3,(H,24,26)/t20-/m1/s1. The first-order valence-electron chi connectivity index (χ1n) is 9.94. The third-order valence-electron chi connectivity index (χ3n) is 5.29. The first-order valence-corrected chi connectivity index (χ1v) is 9.94. The van der Waals surface area contributed by atoms with Crippen molar-refractivity contribution in [3.05, 3.63) is 59.7 Å². The Labute approximate surface area is 167 Å². The molecule has 1 N–H and O–H groups in total. The monoisotopic (exact) mass is 382 g/mol. The lowest BCUT2D eigenvalue weighted by molar-refractivity contribution is -0.126. The Hall–Kier alpha value is -2.53. The molecule has 2 aromatic carbocycles. The Morgan fingerprint density at radius 3 is 2.61 bits per heavy atom. The summed E-state index contributed by atoms with van der Waals surface area (Å²) in [5.74, 6) is 1.67. The molecule has 1 atom stereocenters. The van der Waals surface area contributed by atoms with E-state index in [-0.39, 0.29) is 11.8 Å². The number of likely N-dealkylation sites (tertiary alicyclic amines) is 1. The number of benzene rings is 2. The quantitative estimate of drug-likeness (QED) is 0.761.